The van der Waals surface area contributed by atoms with E-state index in [1.807, 2.05) is 31.2 Å². The number of benzene rings is 1. The minimum absolute atomic E-state index is 0.107. The molecule has 1 unspecified atom stereocenters. The van der Waals surface area contributed by atoms with E-state index in [2.05, 4.69) is 19.0 Å². The highest BCUT2D eigenvalue weighted by Gasteiger charge is 2.08. The van der Waals surface area contributed by atoms with Crippen LogP contribution in [0.25, 0.3) is 0 Å². The van der Waals surface area contributed by atoms with Gasteiger partial charge in [0.05, 0.1) is 12.5 Å². The van der Waals surface area contributed by atoms with Gasteiger partial charge in [0.1, 0.15) is 11.6 Å². The molecule has 0 saturated heterocycles. The van der Waals surface area contributed by atoms with Gasteiger partial charge in [0.2, 0.25) is 0 Å². The minimum Gasteiger partial charge on any atom is -0.493 e. The molecular formula is C13H20N2O2. The molecule has 1 aromatic carbocycles. The maximum absolute atomic E-state index is 8.51. The number of rotatable bonds is 5. The second-order valence-electron chi connectivity index (χ2n) is 4.46. The molecule has 0 bridgehead atoms. The number of nitrogens with zero attached hydrogens (tertiary/aromatic N) is 1. The van der Waals surface area contributed by atoms with Crippen LogP contribution in [0.4, 0.5) is 0 Å². The number of nitrogens with two attached hydrogens (primary N) is 1. The molecular weight excluding hydrogens is 216 g/mol. The van der Waals surface area contributed by atoms with Crippen molar-refractivity contribution in [2.45, 2.75) is 26.7 Å². The van der Waals surface area contributed by atoms with Crippen molar-refractivity contribution in [2.75, 3.05) is 6.61 Å². The Labute approximate surface area is 102 Å². The van der Waals surface area contributed by atoms with Crippen molar-refractivity contribution in [3.05, 3.63) is 29.8 Å². The summed E-state index contributed by atoms with van der Waals surface area (Å²) in [5, 5.41) is 11.5. The van der Waals surface area contributed by atoms with Crippen molar-refractivity contribution in [1.82, 2.24) is 0 Å². The third kappa shape index (κ3) is 3.98. The van der Waals surface area contributed by atoms with Crippen molar-refractivity contribution in [3.8, 4) is 5.75 Å². The summed E-state index contributed by atoms with van der Waals surface area (Å²) in [5.74, 6) is 1.39. The normalized spacial score (nSPS) is 13.8. The number of ether oxygens (including phenoxy) is 1. The lowest BCUT2D eigenvalue weighted by Gasteiger charge is -2.12. The van der Waals surface area contributed by atoms with Crippen molar-refractivity contribution in [3.63, 3.8) is 0 Å². The van der Waals surface area contributed by atoms with Gasteiger partial charge in [-0.15, -0.1) is 0 Å². The van der Waals surface area contributed by atoms with E-state index in [9.17, 15) is 0 Å². The lowest BCUT2D eigenvalue weighted by atomic mass is 10.0. The zero-order chi connectivity index (χ0) is 12.8. The molecule has 0 aliphatic heterocycles. The molecule has 0 aliphatic rings. The van der Waals surface area contributed by atoms with Gasteiger partial charge in [-0.3, -0.25) is 0 Å². The van der Waals surface area contributed by atoms with E-state index in [0.29, 0.717) is 12.5 Å². The van der Waals surface area contributed by atoms with Crippen LogP contribution in [-0.2, 0) is 0 Å². The first-order valence-corrected chi connectivity index (χ1v) is 5.74. The molecule has 0 aromatic heterocycles. The van der Waals surface area contributed by atoms with E-state index in [4.69, 9.17) is 15.7 Å². The van der Waals surface area contributed by atoms with Gasteiger partial charge in [-0.1, -0.05) is 38.1 Å². The summed E-state index contributed by atoms with van der Waals surface area (Å²) in [6.45, 7) is 6.54. The monoisotopic (exact) mass is 236 g/mol. The van der Waals surface area contributed by atoms with Crippen molar-refractivity contribution >= 4 is 5.84 Å². The maximum Gasteiger partial charge on any atom is 0.145 e. The molecule has 17 heavy (non-hydrogen) atoms. The smallest absolute Gasteiger partial charge is 0.145 e. The van der Waals surface area contributed by atoms with E-state index in [-0.39, 0.29) is 11.8 Å². The Hall–Kier alpha value is -1.71. The summed E-state index contributed by atoms with van der Waals surface area (Å²) in [4.78, 5) is 0. The highest BCUT2D eigenvalue weighted by Crippen LogP contribution is 2.18. The fraction of sp³-hybridized carbons (Fsp3) is 0.462. The van der Waals surface area contributed by atoms with E-state index >= 15 is 0 Å². The number of amidine groups is 1. The Morgan fingerprint density at radius 2 is 1.88 bits per heavy atom. The summed E-state index contributed by atoms with van der Waals surface area (Å²) in [6, 6.07) is 7.98. The Kier molecular flexibility index (Phi) is 4.82. The molecule has 0 fully saturated rings. The molecule has 0 aliphatic carbocycles. The zero-order valence-corrected chi connectivity index (χ0v) is 10.6. The molecule has 4 heteroatoms. The number of oxime groups is 1. The van der Waals surface area contributed by atoms with E-state index < -0.39 is 0 Å². The van der Waals surface area contributed by atoms with Crippen LogP contribution in [0.5, 0.6) is 5.75 Å². The summed E-state index contributed by atoms with van der Waals surface area (Å²) >= 11 is 0. The average molecular weight is 236 g/mol. The Morgan fingerprint density at radius 3 is 2.35 bits per heavy atom. The molecule has 0 spiro atoms. The second-order valence-corrected chi connectivity index (χ2v) is 4.46. The molecule has 0 heterocycles. The summed E-state index contributed by atoms with van der Waals surface area (Å²) < 4.78 is 5.55. The van der Waals surface area contributed by atoms with Gasteiger partial charge in [0.25, 0.3) is 0 Å². The van der Waals surface area contributed by atoms with E-state index in [1.54, 1.807) is 0 Å². The number of hydrogen-bond acceptors (Lipinski definition) is 3. The summed E-state index contributed by atoms with van der Waals surface area (Å²) in [6.07, 6.45) is 0. The van der Waals surface area contributed by atoms with Crippen LogP contribution in [0.15, 0.2) is 29.4 Å². The number of hydrogen-bond donors (Lipinski definition) is 2. The SMILES string of the molecule is CC(COc1ccc(C(C)C)cc1)/C(N)=N/O. The minimum atomic E-state index is -0.107. The molecule has 1 atom stereocenters. The molecule has 0 radical (unpaired) electrons. The van der Waals surface area contributed by atoms with Crippen LogP contribution in [0.2, 0.25) is 0 Å². The quantitative estimate of drug-likeness (QED) is 0.357. The topological polar surface area (TPSA) is 67.8 Å². The molecule has 0 saturated carbocycles. The van der Waals surface area contributed by atoms with Crippen LogP contribution >= 0.6 is 0 Å². The van der Waals surface area contributed by atoms with Crippen LogP contribution in [-0.4, -0.2) is 17.6 Å². The van der Waals surface area contributed by atoms with Gasteiger partial charge in [0, 0.05) is 0 Å². The third-order valence-corrected chi connectivity index (χ3v) is 2.67. The van der Waals surface area contributed by atoms with Crippen molar-refractivity contribution < 1.29 is 9.94 Å². The molecule has 3 N–H and O–H groups in total. The maximum atomic E-state index is 8.51. The fourth-order valence-corrected chi connectivity index (χ4v) is 1.35. The van der Waals surface area contributed by atoms with Gasteiger partial charge in [0.15, 0.2) is 0 Å². The predicted molar refractivity (Wildman–Crippen MR) is 68.6 cm³/mol. The highest BCUT2D eigenvalue weighted by atomic mass is 16.5. The first-order valence-electron chi connectivity index (χ1n) is 5.74. The van der Waals surface area contributed by atoms with Gasteiger partial charge in [-0.25, -0.2) is 0 Å². The van der Waals surface area contributed by atoms with Gasteiger partial charge >= 0.3 is 0 Å². The zero-order valence-electron chi connectivity index (χ0n) is 10.6. The highest BCUT2D eigenvalue weighted by molar-refractivity contribution is 5.81. The molecule has 94 valence electrons. The van der Waals surface area contributed by atoms with E-state index in [1.165, 1.54) is 5.56 Å². The Bertz CT molecular complexity index is 372. The predicted octanol–water partition coefficient (Wildman–Crippen LogP) is 2.57. The van der Waals surface area contributed by atoms with Crippen LogP contribution in [0, 0.1) is 5.92 Å². The molecule has 1 aromatic rings. The first kappa shape index (κ1) is 13.4. The Balaban J connectivity index is 2.53. The second kappa shape index (κ2) is 6.13. The van der Waals surface area contributed by atoms with Gasteiger partial charge in [-0.2, -0.15) is 0 Å². The molecule has 4 nitrogen and oxygen atoms in total. The van der Waals surface area contributed by atoms with E-state index in [0.717, 1.165) is 5.75 Å². The molecule has 1 rings (SSSR count). The van der Waals surface area contributed by atoms with Crippen LogP contribution in [0.3, 0.4) is 0 Å². The van der Waals surface area contributed by atoms with Crippen molar-refractivity contribution in [2.24, 2.45) is 16.8 Å². The largest absolute Gasteiger partial charge is 0.493 e. The van der Waals surface area contributed by atoms with Crippen molar-refractivity contribution in [1.29, 1.82) is 0 Å². The average Bonchev–Trinajstić information content (AvgIpc) is 2.35. The lowest BCUT2D eigenvalue weighted by molar-refractivity contribution is 0.279. The lowest BCUT2D eigenvalue weighted by Crippen LogP contribution is -2.26. The summed E-state index contributed by atoms with van der Waals surface area (Å²) in [5.41, 5.74) is 6.74. The van der Waals surface area contributed by atoms with Crippen LogP contribution < -0.4 is 10.5 Å². The van der Waals surface area contributed by atoms with Gasteiger partial charge < -0.3 is 15.7 Å². The first-order chi connectivity index (χ1) is 8.04. The summed E-state index contributed by atoms with van der Waals surface area (Å²) in [7, 11) is 0. The molecule has 0 amide bonds. The standard InChI is InChI=1S/C13H20N2O2/c1-9(2)11-4-6-12(7-5-11)17-8-10(3)13(14)15-16/h4-7,9-10,16H,8H2,1-3H3,(H2,14,15). The van der Waals surface area contributed by atoms with Crippen LogP contribution in [0.1, 0.15) is 32.3 Å². The fourth-order valence-electron chi connectivity index (χ4n) is 1.35. The third-order valence-electron chi connectivity index (χ3n) is 2.67. The van der Waals surface area contributed by atoms with Gasteiger partial charge in [-0.05, 0) is 23.6 Å². The Morgan fingerprint density at radius 1 is 1.29 bits per heavy atom.